The Morgan fingerprint density at radius 1 is 1.12 bits per heavy atom. The van der Waals surface area contributed by atoms with Gasteiger partial charge >= 0.3 is 5.69 Å². The van der Waals surface area contributed by atoms with Crippen molar-refractivity contribution in [2.45, 2.75) is 13.5 Å². The molecule has 3 heterocycles. The number of pyridine rings is 1. The number of halogens is 1. The van der Waals surface area contributed by atoms with Crippen LogP contribution in [0.4, 0.5) is 5.69 Å². The molecule has 33 heavy (non-hydrogen) atoms. The van der Waals surface area contributed by atoms with Gasteiger partial charge in [-0.3, -0.25) is 4.79 Å². The quantitative estimate of drug-likeness (QED) is 0.427. The van der Waals surface area contributed by atoms with Crippen molar-refractivity contribution in [1.82, 2.24) is 24.3 Å². The maximum absolute atomic E-state index is 12.8. The van der Waals surface area contributed by atoms with Crippen molar-refractivity contribution in [1.29, 1.82) is 0 Å². The number of anilines is 1. The minimum atomic E-state index is -0.466. The minimum Gasteiger partial charge on any atom is -0.333 e. The molecule has 10 heteroatoms. The van der Waals surface area contributed by atoms with Crippen molar-refractivity contribution < 1.29 is 9.32 Å². The zero-order valence-corrected chi connectivity index (χ0v) is 18.2. The lowest BCUT2D eigenvalue weighted by molar-refractivity contribution is -0.117. The summed E-state index contributed by atoms with van der Waals surface area (Å²) in [7, 11) is 0. The average Bonchev–Trinajstić information content (AvgIpc) is 3.42. The predicted molar refractivity (Wildman–Crippen MR) is 123 cm³/mol. The molecule has 0 aliphatic heterocycles. The van der Waals surface area contributed by atoms with Gasteiger partial charge in [0.05, 0.1) is 5.56 Å². The number of hydrogen-bond donors (Lipinski definition) is 1. The van der Waals surface area contributed by atoms with Crippen LogP contribution in [0.5, 0.6) is 0 Å². The van der Waals surface area contributed by atoms with E-state index in [1.807, 2.05) is 37.3 Å². The molecular formula is C23H17ClN6O3. The molecule has 0 atom stereocenters. The molecule has 5 aromatic rings. The van der Waals surface area contributed by atoms with Crippen LogP contribution in [-0.2, 0) is 11.3 Å². The number of fused-ring (bicyclic) bond motifs is 1. The highest BCUT2D eigenvalue weighted by Gasteiger charge is 2.18. The van der Waals surface area contributed by atoms with Crippen LogP contribution in [0.15, 0.2) is 76.2 Å². The molecule has 0 aliphatic rings. The highest BCUT2D eigenvalue weighted by molar-refractivity contribution is 6.31. The van der Waals surface area contributed by atoms with E-state index in [4.69, 9.17) is 16.1 Å². The second-order valence-electron chi connectivity index (χ2n) is 7.36. The summed E-state index contributed by atoms with van der Waals surface area (Å²) in [6.07, 6.45) is 1.57. The van der Waals surface area contributed by atoms with Gasteiger partial charge in [0, 0.05) is 22.5 Å². The van der Waals surface area contributed by atoms with Gasteiger partial charge in [0.1, 0.15) is 6.54 Å². The molecule has 0 aliphatic carbocycles. The number of benzene rings is 2. The van der Waals surface area contributed by atoms with Crippen molar-refractivity contribution >= 4 is 28.8 Å². The second-order valence-corrected chi connectivity index (χ2v) is 7.76. The van der Waals surface area contributed by atoms with Gasteiger partial charge in [-0.2, -0.15) is 4.98 Å². The monoisotopic (exact) mass is 460 g/mol. The van der Waals surface area contributed by atoms with Gasteiger partial charge in [-0.15, -0.1) is 5.10 Å². The number of amides is 1. The molecule has 1 N–H and O–H groups in total. The van der Waals surface area contributed by atoms with Crippen LogP contribution in [0.2, 0.25) is 5.02 Å². The lowest BCUT2D eigenvalue weighted by Gasteiger charge is -2.06. The summed E-state index contributed by atoms with van der Waals surface area (Å²) in [6.45, 7) is 1.60. The first kappa shape index (κ1) is 20.7. The lowest BCUT2D eigenvalue weighted by atomic mass is 10.2. The predicted octanol–water partition coefficient (Wildman–Crippen LogP) is 3.81. The number of carbonyl (C=O) groups excluding carboxylic acids is 1. The summed E-state index contributed by atoms with van der Waals surface area (Å²) in [5.74, 6) is 0.229. The molecule has 0 radical (unpaired) electrons. The fourth-order valence-electron chi connectivity index (χ4n) is 3.35. The lowest BCUT2D eigenvalue weighted by Crippen LogP contribution is -2.28. The average molecular weight is 461 g/mol. The third-order valence-corrected chi connectivity index (χ3v) is 5.45. The Kier molecular flexibility index (Phi) is 5.23. The highest BCUT2D eigenvalue weighted by atomic mass is 35.5. The molecular weight excluding hydrogens is 444 g/mol. The summed E-state index contributed by atoms with van der Waals surface area (Å²) in [5, 5.41) is 11.6. The van der Waals surface area contributed by atoms with Gasteiger partial charge < -0.3 is 9.84 Å². The van der Waals surface area contributed by atoms with E-state index in [1.165, 1.54) is 4.40 Å². The Morgan fingerprint density at radius 2 is 1.94 bits per heavy atom. The fraction of sp³-hybridized carbons (Fsp3) is 0.0870. The molecule has 0 fully saturated rings. The second kappa shape index (κ2) is 8.36. The third kappa shape index (κ3) is 4.01. The first-order valence-electron chi connectivity index (χ1n) is 10.0. The van der Waals surface area contributed by atoms with Crippen molar-refractivity contribution in [2.24, 2.45) is 0 Å². The summed E-state index contributed by atoms with van der Waals surface area (Å²) in [4.78, 5) is 29.8. The number of nitrogens with zero attached hydrogens (tertiary/aromatic N) is 5. The summed E-state index contributed by atoms with van der Waals surface area (Å²) in [5.41, 5.74) is 2.55. The van der Waals surface area contributed by atoms with E-state index in [0.717, 1.165) is 15.8 Å². The smallest absolute Gasteiger partial charge is 0.333 e. The zero-order chi connectivity index (χ0) is 22.9. The van der Waals surface area contributed by atoms with E-state index in [1.54, 1.807) is 36.5 Å². The number of rotatable bonds is 5. The number of hydrogen-bond acceptors (Lipinski definition) is 6. The topological polar surface area (TPSA) is 107 Å². The van der Waals surface area contributed by atoms with E-state index in [9.17, 15) is 9.59 Å². The van der Waals surface area contributed by atoms with Crippen molar-refractivity contribution in [3.8, 4) is 22.8 Å². The van der Waals surface area contributed by atoms with Gasteiger partial charge in [-0.25, -0.2) is 13.9 Å². The summed E-state index contributed by atoms with van der Waals surface area (Å²) < 4.78 is 7.84. The zero-order valence-electron chi connectivity index (χ0n) is 17.4. The van der Waals surface area contributed by atoms with Crippen LogP contribution in [0.1, 0.15) is 5.56 Å². The molecule has 0 spiro atoms. The van der Waals surface area contributed by atoms with Crippen LogP contribution in [-0.4, -0.2) is 30.2 Å². The normalized spacial score (nSPS) is 11.1. The first-order chi connectivity index (χ1) is 16.0. The molecule has 0 bridgehead atoms. The molecule has 9 nitrogen and oxygen atoms in total. The number of aryl methyl sites for hydroxylation is 1. The molecule has 0 saturated carbocycles. The summed E-state index contributed by atoms with van der Waals surface area (Å²) >= 11 is 6.11. The Bertz CT molecular complexity index is 1540. The SMILES string of the molecule is Cc1ccc(NC(=O)Cn2nc3c(-c4nc(-c5ccccc5)no4)cccn3c2=O)cc1Cl. The van der Waals surface area contributed by atoms with Crippen LogP contribution < -0.4 is 11.0 Å². The molecule has 164 valence electrons. The van der Waals surface area contributed by atoms with Crippen LogP contribution in [0.3, 0.4) is 0 Å². The van der Waals surface area contributed by atoms with Crippen molar-refractivity contribution in [2.75, 3.05) is 5.32 Å². The fourth-order valence-corrected chi connectivity index (χ4v) is 3.53. The van der Waals surface area contributed by atoms with Crippen molar-refractivity contribution in [3.63, 3.8) is 0 Å². The van der Waals surface area contributed by atoms with Gasteiger partial charge in [-0.05, 0) is 36.8 Å². The maximum atomic E-state index is 12.8. The van der Waals surface area contributed by atoms with E-state index >= 15 is 0 Å². The molecule has 0 saturated heterocycles. The molecule has 1 amide bonds. The third-order valence-electron chi connectivity index (χ3n) is 5.05. The first-order valence-corrected chi connectivity index (χ1v) is 10.4. The number of aromatic nitrogens is 5. The standard InChI is InChI=1S/C23H17ClN6O3/c1-14-9-10-16(12-18(14)24)25-19(31)13-30-23(32)29-11-5-8-17(21(29)27-30)22-26-20(28-33-22)15-6-3-2-4-7-15/h2-12H,13H2,1H3,(H,25,31). The maximum Gasteiger partial charge on any atom is 0.350 e. The Balaban J connectivity index is 1.44. The van der Waals surface area contributed by atoms with Gasteiger partial charge in [0.15, 0.2) is 5.65 Å². The highest BCUT2D eigenvalue weighted by Crippen LogP contribution is 2.24. The molecule has 5 rings (SSSR count). The van der Waals surface area contributed by atoms with Gasteiger partial charge in [0.25, 0.3) is 5.89 Å². The van der Waals surface area contributed by atoms with E-state index in [2.05, 4.69) is 20.6 Å². The molecule has 3 aromatic heterocycles. The Labute approximate surface area is 192 Å². The number of nitrogens with one attached hydrogen (secondary N) is 1. The minimum absolute atomic E-state index is 0.218. The summed E-state index contributed by atoms with van der Waals surface area (Å²) in [6, 6.07) is 18.0. The van der Waals surface area contributed by atoms with E-state index in [0.29, 0.717) is 27.7 Å². The number of carbonyl (C=O) groups is 1. The van der Waals surface area contributed by atoms with Crippen LogP contribution in [0.25, 0.3) is 28.5 Å². The van der Waals surface area contributed by atoms with Crippen molar-refractivity contribution in [3.05, 3.63) is 87.9 Å². The Hall–Kier alpha value is -4.24. The Morgan fingerprint density at radius 3 is 2.73 bits per heavy atom. The van der Waals surface area contributed by atoms with Gasteiger partial charge in [0.2, 0.25) is 11.7 Å². The van der Waals surface area contributed by atoms with E-state index in [-0.39, 0.29) is 12.4 Å². The molecule has 0 unspecified atom stereocenters. The van der Waals surface area contributed by atoms with Gasteiger partial charge in [-0.1, -0.05) is 53.2 Å². The largest absolute Gasteiger partial charge is 0.350 e. The van der Waals surface area contributed by atoms with E-state index < -0.39 is 11.6 Å². The van der Waals surface area contributed by atoms with Crippen LogP contribution in [0, 0.1) is 6.92 Å². The molecule has 2 aromatic carbocycles. The van der Waals surface area contributed by atoms with Crippen LogP contribution >= 0.6 is 11.6 Å².